The maximum Gasteiger partial charge on any atom is 0.137 e. The molecule has 1 N–H and O–H groups in total. The Balaban J connectivity index is 2.91. The molecule has 0 saturated heterocycles. The Kier molecular flexibility index (Phi) is 4.99. The third kappa shape index (κ3) is 3.76. The lowest BCUT2D eigenvalue weighted by molar-refractivity contribution is 0.621. The molecule has 0 aromatic heterocycles. The number of benzene rings is 1. The van der Waals surface area contributed by atoms with E-state index in [-0.39, 0.29) is 5.82 Å². The van der Waals surface area contributed by atoms with Crippen LogP contribution in [0, 0.1) is 5.82 Å². The van der Waals surface area contributed by atoms with Crippen LogP contribution >= 0.6 is 15.9 Å². The van der Waals surface area contributed by atoms with E-state index in [0.717, 1.165) is 18.5 Å². The van der Waals surface area contributed by atoms with Gasteiger partial charge in [-0.05, 0) is 47.1 Å². The van der Waals surface area contributed by atoms with Gasteiger partial charge in [0.15, 0.2) is 0 Å². The zero-order valence-electron chi connectivity index (χ0n) is 8.98. The van der Waals surface area contributed by atoms with Crippen LogP contribution in [0.4, 0.5) is 4.39 Å². The molecule has 0 unspecified atom stereocenters. The van der Waals surface area contributed by atoms with Crippen molar-refractivity contribution in [1.29, 1.82) is 0 Å². The normalized spacial score (nSPS) is 11.9. The van der Waals surface area contributed by atoms with Crippen LogP contribution in [0.3, 0.4) is 0 Å². The first-order chi connectivity index (χ1) is 7.17. The number of rotatable bonds is 4. The van der Waals surface area contributed by atoms with Crippen molar-refractivity contribution in [3.63, 3.8) is 0 Å². The van der Waals surface area contributed by atoms with Crippen LogP contribution in [0.5, 0.6) is 0 Å². The molecule has 0 saturated carbocycles. The summed E-state index contributed by atoms with van der Waals surface area (Å²) in [5.74, 6) is -0.223. The number of hydrogen-bond acceptors (Lipinski definition) is 1. The number of hydrogen-bond donors (Lipinski definition) is 1. The fourth-order valence-electron chi connectivity index (χ4n) is 1.34. The smallest absolute Gasteiger partial charge is 0.137 e. The molecule has 1 aromatic carbocycles. The quantitative estimate of drug-likeness (QED) is 0.883. The van der Waals surface area contributed by atoms with Crippen molar-refractivity contribution in [2.75, 3.05) is 13.6 Å². The summed E-state index contributed by atoms with van der Waals surface area (Å²) in [6.07, 6.45) is 3.08. The molecule has 15 heavy (non-hydrogen) atoms. The zero-order chi connectivity index (χ0) is 11.3. The highest BCUT2D eigenvalue weighted by Gasteiger charge is 1.99. The SMILES string of the molecule is CCC(=Cc1ccc(F)c(Br)c1)CNC. The Bertz CT molecular complexity index is 361. The Morgan fingerprint density at radius 1 is 1.53 bits per heavy atom. The fourth-order valence-corrected chi connectivity index (χ4v) is 1.74. The topological polar surface area (TPSA) is 12.0 Å². The third-order valence-corrected chi connectivity index (χ3v) is 2.78. The van der Waals surface area contributed by atoms with Gasteiger partial charge in [0, 0.05) is 6.54 Å². The molecular formula is C12H15BrFN. The minimum Gasteiger partial charge on any atom is -0.316 e. The zero-order valence-corrected chi connectivity index (χ0v) is 10.6. The van der Waals surface area contributed by atoms with E-state index in [4.69, 9.17) is 0 Å². The van der Waals surface area contributed by atoms with Crippen molar-refractivity contribution in [1.82, 2.24) is 5.32 Å². The van der Waals surface area contributed by atoms with E-state index in [1.165, 1.54) is 11.6 Å². The molecule has 0 fully saturated rings. The van der Waals surface area contributed by atoms with Crippen LogP contribution in [0.1, 0.15) is 18.9 Å². The van der Waals surface area contributed by atoms with E-state index in [2.05, 4.69) is 34.2 Å². The summed E-state index contributed by atoms with van der Waals surface area (Å²) in [6, 6.07) is 5.05. The highest BCUT2D eigenvalue weighted by Crippen LogP contribution is 2.19. The van der Waals surface area contributed by atoms with Gasteiger partial charge in [-0.25, -0.2) is 4.39 Å². The molecule has 0 spiro atoms. The van der Waals surface area contributed by atoms with Crippen LogP contribution < -0.4 is 5.32 Å². The van der Waals surface area contributed by atoms with Crippen LogP contribution in [0.25, 0.3) is 6.08 Å². The molecule has 82 valence electrons. The van der Waals surface area contributed by atoms with Gasteiger partial charge in [-0.2, -0.15) is 0 Å². The molecule has 0 aliphatic carbocycles. The van der Waals surface area contributed by atoms with Crippen molar-refractivity contribution in [3.05, 3.63) is 39.6 Å². The highest BCUT2D eigenvalue weighted by atomic mass is 79.9. The first kappa shape index (κ1) is 12.4. The van der Waals surface area contributed by atoms with Crippen LogP contribution in [-0.4, -0.2) is 13.6 Å². The molecule has 1 nitrogen and oxygen atoms in total. The van der Waals surface area contributed by atoms with Crippen molar-refractivity contribution in [2.45, 2.75) is 13.3 Å². The molecule has 0 radical (unpaired) electrons. The summed E-state index contributed by atoms with van der Waals surface area (Å²) in [5.41, 5.74) is 2.33. The molecule has 3 heteroatoms. The summed E-state index contributed by atoms with van der Waals surface area (Å²) >= 11 is 3.18. The molecule has 0 heterocycles. The monoisotopic (exact) mass is 271 g/mol. The van der Waals surface area contributed by atoms with E-state index in [0.29, 0.717) is 4.47 Å². The predicted octanol–water partition coefficient (Wildman–Crippen LogP) is 3.60. The Morgan fingerprint density at radius 2 is 2.27 bits per heavy atom. The number of nitrogens with one attached hydrogen (secondary N) is 1. The highest BCUT2D eigenvalue weighted by molar-refractivity contribution is 9.10. The van der Waals surface area contributed by atoms with E-state index < -0.39 is 0 Å². The van der Waals surface area contributed by atoms with Gasteiger partial charge in [0.2, 0.25) is 0 Å². The van der Waals surface area contributed by atoms with E-state index in [1.807, 2.05) is 7.05 Å². The van der Waals surface area contributed by atoms with Crippen molar-refractivity contribution in [3.8, 4) is 0 Å². The van der Waals surface area contributed by atoms with Gasteiger partial charge < -0.3 is 5.32 Å². The summed E-state index contributed by atoms with van der Waals surface area (Å²) in [6.45, 7) is 2.98. The Hall–Kier alpha value is -0.670. The van der Waals surface area contributed by atoms with Gasteiger partial charge in [-0.15, -0.1) is 0 Å². The first-order valence-electron chi connectivity index (χ1n) is 4.96. The maximum atomic E-state index is 13.0. The molecular weight excluding hydrogens is 257 g/mol. The molecule has 0 amide bonds. The second kappa shape index (κ2) is 6.03. The lowest BCUT2D eigenvalue weighted by atomic mass is 10.1. The lowest BCUT2D eigenvalue weighted by Crippen LogP contribution is -2.09. The predicted molar refractivity (Wildman–Crippen MR) is 66.3 cm³/mol. The van der Waals surface area contributed by atoms with Gasteiger partial charge in [-0.1, -0.05) is 24.6 Å². The van der Waals surface area contributed by atoms with Crippen molar-refractivity contribution < 1.29 is 4.39 Å². The molecule has 0 atom stereocenters. The number of likely N-dealkylation sites (N-methyl/N-ethyl adjacent to an activating group) is 1. The van der Waals surface area contributed by atoms with Crippen molar-refractivity contribution in [2.24, 2.45) is 0 Å². The number of halogens is 2. The summed E-state index contributed by atoms with van der Waals surface area (Å²) in [5, 5.41) is 3.11. The van der Waals surface area contributed by atoms with Crippen molar-refractivity contribution >= 4 is 22.0 Å². The molecule has 1 rings (SSSR count). The van der Waals surface area contributed by atoms with Crippen LogP contribution in [0.2, 0.25) is 0 Å². The molecule has 0 bridgehead atoms. The third-order valence-electron chi connectivity index (χ3n) is 2.17. The first-order valence-corrected chi connectivity index (χ1v) is 5.75. The Morgan fingerprint density at radius 3 is 2.80 bits per heavy atom. The summed E-state index contributed by atoms with van der Waals surface area (Å²) < 4.78 is 13.5. The minimum absolute atomic E-state index is 0.223. The van der Waals surface area contributed by atoms with E-state index >= 15 is 0 Å². The summed E-state index contributed by atoms with van der Waals surface area (Å²) in [7, 11) is 1.92. The molecule has 1 aromatic rings. The second-order valence-electron chi connectivity index (χ2n) is 3.36. The van der Waals surface area contributed by atoms with Crippen LogP contribution in [0.15, 0.2) is 28.2 Å². The minimum atomic E-state index is -0.223. The Labute approximate surface area is 98.5 Å². The van der Waals surface area contributed by atoms with Gasteiger partial charge in [-0.3, -0.25) is 0 Å². The van der Waals surface area contributed by atoms with Crippen LogP contribution in [-0.2, 0) is 0 Å². The van der Waals surface area contributed by atoms with Gasteiger partial charge >= 0.3 is 0 Å². The maximum absolute atomic E-state index is 13.0. The van der Waals surface area contributed by atoms with E-state index in [1.54, 1.807) is 12.1 Å². The van der Waals surface area contributed by atoms with Gasteiger partial charge in [0.25, 0.3) is 0 Å². The van der Waals surface area contributed by atoms with Gasteiger partial charge in [0.1, 0.15) is 5.82 Å². The lowest BCUT2D eigenvalue weighted by Gasteiger charge is -2.04. The second-order valence-corrected chi connectivity index (χ2v) is 4.21. The summed E-state index contributed by atoms with van der Waals surface area (Å²) in [4.78, 5) is 0. The molecule has 0 aliphatic rings. The average molecular weight is 272 g/mol. The van der Waals surface area contributed by atoms with Gasteiger partial charge in [0.05, 0.1) is 4.47 Å². The largest absolute Gasteiger partial charge is 0.316 e. The van der Waals surface area contributed by atoms with E-state index in [9.17, 15) is 4.39 Å². The fraction of sp³-hybridized carbons (Fsp3) is 0.333. The standard InChI is InChI=1S/C12H15BrFN/c1-3-9(8-15-2)6-10-4-5-12(14)11(13)7-10/h4-7,15H,3,8H2,1-2H3. The molecule has 0 aliphatic heterocycles. The average Bonchev–Trinajstić information content (AvgIpc) is 2.23.